The molecule has 0 radical (unpaired) electrons. The lowest BCUT2D eigenvalue weighted by atomic mass is 9.91. The van der Waals surface area contributed by atoms with E-state index >= 15 is 0 Å². The minimum Gasteiger partial charge on any atom is -0.444 e. The maximum atomic E-state index is 12.0. The van der Waals surface area contributed by atoms with E-state index in [1.165, 1.54) is 18.4 Å². The third kappa shape index (κ3) is 5.95. The summed E-state index contributed by atoms with van der Waals surface area (Å²) in [4.78, 5) is 21.1. The molecule has 2 aliphatic rings. The zero-order valence-electron chi connectivity index (χ0n) is 18.9. The molecule has 0 atom stereocenters. The van der Waals surface area contributed by atoms with Crippen molar-refractivity contribution >= 4 is 12.0 Å². The van der Waals surface area contributed by atoms with Gasteiger partial charge in [-0.25, -0.2) is 14.8 Å². The first kappa shape index (κ1) is 21.6. The molecule has 0 spiro atoms. The van der Waals surface area contributed by atoms with Crippen molar-refractivity contribution in [2.45, 2.75) is 90.3 Å². The quantitative estimate of drug-likeness (QED) is 0.692. The number of nitrogens with one attached hydrogen (secondary N) is 2. The second-order valence-corrected chi connectivity index (χ2v) is 9.83. The molecule has 2 fully saturated rings. The molecule has 1 amide bonds. The second-order valence-electron chi connectivity index (χ2n) is 9.83. The van der Waals surface area contributed by atoms with Crippen molar-refractivity contribution in [3.8, 4) is 11.5 Å². The molecule has 0 bridgehead atoms. The molecule has 8 heteroatoms. The molecule has 0 aromatic carbocycles. The number of rotatable bonds is 6. The Bertz CT molecular complexity index is 908. The molecular weight excluding hydrogens is 394 g/mol. The summed E-state index contributed by atoms with van der Waals surface area (Å²) in [5.74, 6) is 2.12. The molecule has 0 saturated heterocycles. The van der Waals surface area contributed by atoms with Gasteiger partial charge in [0.05, 0.1) is 5.69 Å². The lowest BCUT2D eigenvalue weighted by Gasteiger charge is -2.30. The zero-order valence-corrected chi connectivity index (χ0v) is 18.9. The van der Waals surface area contributed by atoms with Crippen LogP contribution in [0.2, 0.25) is 0 Å². The summed E-state index contributed by atoms with van der Waals surface area (Å²) in [5, 5.41) is 10.6. The molecule has 0 unspecified atom stereocenters. The van der Waals surface area contributed by atoms with E-state index in [0.717, 1.165) is 55.2 Å². The number of carbonyl (C=O) groups excluding carboxylic acids is 1. The molecular formula is C23H33N5O3. The van der Waals surface area contributed by atoms with E-state index in [1.807, 2.05) is 33.8 Å². The number of anilines is 1. The Morgan fingerprint density at radius 2 is 1.87 bits per heavy atom. The minimum absolute atomic E-state index is 0.141. The normalized spacial score (nSPS) is 21.5. The van der Waals surface area contributed by atoms with Gasteiger partial charge in [0.15, 0.2) is 5.76 Å². The number of nitrogens with zero attached hydrogens (tertiary/aromatic N) is 3. The summed E-state index contributed by atoms with van der Waals surface area (Å²) in [6.45, 7) is 7.61. The van der Waals surface area contributed by atoms with E-state index in [2.05, 4.69) is 20.8 Å². The highest BCUT2D eigenvalue weighted by molar-refractivity contribution is 5.68. The number of carbonyl (C=O) groups is 1. The average Bonchev–Trinajstić information content (AvgIpc) is 3.44. The Kier molecular flexibility index (Phi) is 6.16. The van der Waals surface area contributed by atoms with Crippen molar-refractivity contribution in [2.24, 2.45) is 5.92 Å². The Labute approximate surface area is 183 Å². The van der Waals surface area contributed by atoms with Crippen LogP contribution in [0.25, 0.3) is 11.5 Å². The standard InChI is InChI=1S/C23H33N5O3/c1-14-18(13-15-5-6-15)20(31-28-14)19-11-12-24-21(27-19)25-16-7-9-17(10-8-16)26-22(29)30-23(2,3)4/h11-12,15-17H,5-10,13H2,1-4H3,(H,26,29)(H,24,25,27)/t16-,17-. The fourth-order valence-electron chi connectivity index (χ4n) is 4.03. The van der Waals surface area contributed by atoms with Crippen LogP contribution in [0.3, 0.4) is 0 Å². The first-order valence-electron chi connectivity index (χ1n) is 11.3. The molecule has 8 nitrogen and oxygen atoms in total. The van der Waals surface area contributed by atoms with Gasteiger partial charge in [0, 0.05) is 23.8 Å². The Morgan fingerprint density at radius 1 is 1.16 bits per heavy atom. The average molecular weight is 428 g/mol. The van der Waals surface area contributed by atoms with Gasteiger partial charge in [-0.2, -0.15) is 0 Å². The summed E-state index contributed by atoms with van der Waals surface area (Å²) in [6.07, 6.45) is 8.64. The molecule has 2 aliphatic carbocycles. The highest BCUT2D eigenvalue weighted by Crippen LogP contribution is 2.36. The van der Waals surface area contributed by atoms with Crippen molar-refractivity contribution in [3.63, 3.8) is 0 Å². The Balaban J connectivity index is 1.33. The SMILES string of the molecule is Cc1noc(-c2ccnc(N[C@H]3CC[C@H](NC(=O)OC(C)(C)C)CC3)n2)c1CC1CC1. The second kappa shape index (κ2) is 8.85. The van der Waals surface area contributed by atoms with Crippen LogP contribution in [0.1, 0.15) is 70.6 Å². The number of aromatic nitrogens is 3. The third-order valence-corrected chi connectivity index (χ3v) is 5.84. The summed E-state index contributed by atoms with van der Waals surface area (Å²) in [5.41, 5.74) is 2.41. The summed E-state index contributed by atoms with van der Waals surface area (Å²) in [7, 11) is 0. The first-order chi connectivity index (χ1) is 14.8. The van der Waals surface area contributed by atoms with Gasteiger partial charge in [-0.15, -0.1) is 0 Å². The van der Waals surface area contributed by atoms with Crippen molar-refractivity contribution in [3.05, 3.63) is 23.5 Å². The maximum Gasteiger partial charge on any atom is 0.407 e. The van der Waals surface area contributed by atoms with Crippen LogP contribution in [0.5, 0.6) is 0 Å². The lowest BCUT2D eigenvalue weighted by Crippen LogP contribution is -2.42. The molecule has 2 N–H and O–H groups in total. The predicted octanol–water partition coefficient (Wildman–Crippen LogP) is 4.64. The fraction of sp³-hybridized carbons (Fsp3) is 0.652. The van der Waals surface area contributed by atoms with E-state index in [9.17, 15) is 4.79 Å². The molecule has 2 saturated carbocycles. The highest BCUT2D eigenvalue weighted by Gasteiger charge is 2.28. The van der Waals surface area contributed by atoms with Crippen LogP contribution in [0.4, 0.5) is 10.7 Å². The summed E-state index contributed by atoms with van der Waals surface area (Å²) < 4.78 is 11.0. The molecule has 168 valence electrons. The van der Waals surface area contributed by atoms with E-state index in [4.69, 9.17) is 14.2 Å². The highest BCUT2D eigenvalue weighted by atomic mass is 16.6. The van der Waals surface area contributed by atoms with Gasteiger partial charge in [-0.3, -0.25) is 0 Å². The number of hydrogen-bond acceptors (Lipinski definition) is 7. The van der Waals surface area contributed by atoms with Crippen molar-refractivity contribution in [2.75, 3.05) is 5.32 Å². The van der Waals surface area contributed by atoms with Gasteiger partial charge in [0.2, 0.25) is 5.95 Å². The molecule has 0 aliphatic heterocycles. The monoisotopic (exact) mass is 427 g/mol. The lowest BCUT2D eigenvalue weighted by molar-refractivity contribution is 0.0492. The van der Waals surface area contributed by atoms with Crippen LogP contribution in [-0.2, 0) is 11.2 Å². The van der Waals surface area contributed by atoms with E-state index in [1.54, 1.807) is 6.20 Å². The summed E-state index contributed by atoms with van der Waals surface area (Å²) in [6, 6.07) is 2.29. The Hall–Kier alpha value is -2.64. The Morgan fingerprint density at radius 3 is 2.55 bits per heavy atom. The molecule has 2 aromatic rings. The number of alkyl carbamates (subject to hydrolysis) is 1. The van der Waals surface area contributed by atoms with Crippen LogP contribution in [0, 0.1) is 12.8 Å². The predicted molar refractivity (Wildman–Crippen MR) is 118 cm³/mol. The van der Waals surface area contributed by atoms with Crippen molar-refractivity contribution < 1.29 is 14.1 Å². The van der Waals surface area contributed by atoms with Crippen molar-refractivity contribution in [1.82, 2.24) is 20.4 Å². The first-order valence-corrected chi connectivity index (χ1v) is 11.3. The smallest absolute Gasteiger partial charge is 0.407 e. The molecule has 2 aromatic heterocycles. The number of hydrogen-bond donors (Lipinski definition) is 2. The fourth-order valence-corrected chi connectivity index (χ4v) is 4.03. The number of ether oxygens (including phenoxy) is 1. The summed E-state index contributed by atoms with van der Waals surface area (Å²) >= 11 is 0. The van der Waals surface area contributed by atoms with Crippen LogP contribution in [-0.4, -0.2) is 38.9 Å². The minimum atomic E-state index is -0.480. The van der Waals surface area contributed by atoms with Crippen LogP contribution in [0.15, 0.2) is 16.8 Å². The van der Waals surface area contributed by atoms with Gasteiger partial charge < -0.3 is 19.9 Å². The molecule has 2 heterocycles. The molecule has 31 heavy (non-hydrogen) atoms. The number of amides is 1. The van der Waals surface area contributed by atoms with Crippen molar-refractivity contribution in [1.29, 1.82) is 0 Å². The maximum absolute atomic E-state index is 12.0. The van der Waals surface area contributed by atoms with E-state index in [0.29, 0.717) is 5.95 Å². The van der Waals surface area contributed by atoms with Gasteiger partial charge >= 0.3 is 6.09 Å². The largest absolute Gasteiger partial charge is 0.444 e. The molecule has 4 rings (SSSR count). The van der Waals surface area contributed by atoms with Gasteiger partial charge in [0.1, 0.15) is 11.3 Å². The van der Waals surface area contributed by atoms with Gasteiger partial charge in [-0.05, 0) is 84.6 Å². The number of aryl methyl sites for hydroxylation is 1. The van der Waals surface area contributed by atoms with Crippen LogP contribution < -0.4 is 10.6 Å². The van der Waals surface area contributed by atoms with E-state index < -0.39 is 5.60 Å². The third-order valence-electron chi connectivity index (χ3n) is 5.84. The zero-order chi connectivity index (χ0) is 22.0. The van der Waals surface area contributed by atoms with Gasteiger partial charge in [0.25, 0.3) is 0 Å². The van der Waals surface area contributed by atoms with Gasteiger partial charge in [-0.1, -0.05) is 5.16 Å². The topological polar surface area (TPSA) is 102 Å². The van der Waals surface area contributed by atoms with Crippen LogP contribution >= 0.6 is 0 Å². The van der Waals surface area contributed by atoms with E-state index in [-0.39, 0.29) is 18.2 Å².